The van der Waals surface area contributed by atoms with Gasteiger partial charge in [-0.25, -0.2) is 0 Å². The predicted molar refractivity (Wildman–Crippen MR) is 165 cm³/mol. The van der Waals surface area contributed by atoms with Crippen LogP contribution in [0.3, 0.4) is 0 Å². The number of piperazine rings is 1. The van der Waals surface area contributed by atoms with Crippen molar-refractivity contribution in [1.29, 1.82) is 5.26 Å². The molecule has 6 rings (SSSR count). The molecule has 0 saturated carbocycles. The number of halogens is 3. The van der Waals surface area contributed by atoms with Crippen LogP contribution in [0.1, 0.15) is 5.56 Å². The molecular weight excluding hydrogens is 627 g/mol. The van der Waals surface area contributed by atoms with Crippen molar-refractivity contribution in [3.05, 3.63) is 93.0 Å². The molecule has 1 N–H and O–H groups in total. The van der Waals surface area contributed by atoms with Gasteiger partial charge < -0.3 is 19.9 Å². The summed E-state index contributed by atoms with van der Waals surface area (Å²) in [5, 5.41) is 14.2. The van der Waals surface area contributed by atoms with Crippen LogP contribution in [0.15, 0.2) is 77.4 Å². The van der Waals surface area contributed by atoms with E-state index in [1.54, 1.807) is 42.6 Å². The van der Waals surface area contributed by atoms with Gasteiger partial charge in [0.25, 0.3) is 0 Å². The Bertz CT molecular complexity index is 1770. The molecule has 41 heavy (non-hydrogen) atoms. The minimum atomic E-state index is 0.138. The summed E-state index contributed by atoms with van der Waals surface area (Å²) in [5.41, 5.74) is 2.97. The normalized spacial score (nSPS) is 13.2. The molecule has 1 aliphatic rings. The highest BCUT2D eigenvalue weighted by Crippen LogP contribution is 2.34. The van der Waals surface area contributed by atoms with Crippen molar-refractivity contribution in [3.63, 3.8) is 0 Å². The Hall–Kier alpha value is -4.17. The Morgan fingerprint density at radius 3 is 2.46 bits per heavy atom. The first-order valence-electron chi connectivity index (χ1n) is 12.7. The number of pyridine rings is 1. The van der Waals surface area contributed by atoms with Gasteiger partial charge in [-0.1, -0.05) is 45.2 Å². The molecule has 0 amide bonds. The number of fused-ring (bicyclic) bond motifs is 1. The van der Waals surface area contributed by atoms with E-state index in [1.165, 1.54) is 0 Å². The van der Waals surface area contributed by atoms with E-state index < -0.39 is 0 Å². The second kappa shape index (κ2) is 11.7. The molecule has 0 aliphatic carbocycles. The van der Waals surface area contributed by atoms with Crippen molar-refractivity contribution < 1.29 is 4.74 Å². The van der Waals surface area contributed by atoms with Gasteiger partial charge in [-0.15, -0.1) is 0 Å². The van der Waals surface area contributed by atoms with Crippen molar-refractivity contribution in [2.75, 3.05) is 41.3 Å². The number of nitrogens with zero attached hydrogens (tertiary/aromatic N) is 7. The molecule has 5 aromatic rings. The van der Waals surface area contributed by atoms with Gasteiger partial charge in [-0.2, -0.15) is 20.2 Å². The number of hydrogen-bond donors (Lipinski definition) is 1. The van der Waals surface area contributed by atoms with Crippen LogP contribution in [0.2, 0.25) is 10.0 Å². The maximum Gasteiger partial charge on any atom is 0.328 e. The zero-order chi connectivity index (χ0) is 28.3. The van der Waals surface area contributed by atoms with Crippen molar-refractivity contribution in [2.24, 2.45) is 0 Å². The molecule has 0 radical (unpaired) electrons. The molecule has 0 spiro atoms. The van der Waals surface area contributed by atoms with Crippen molar-refractivity contribution >= 4 is 73.3 Å². The van der Waals surface area contributed by atoms with E-state index in [9.17, 15) is 0 Å². The summed E-state index contributed by atoms with van der Waals surface area (Å²) in [5.74, 6) is 1.36. The first kappa shape index (κ1) is 27.0. The van der Waals surface area contributed by atoms with E-state index in [4.69, 9.17) is 38.2 Å². The molecule has 2 aromatic heterocycles. The Kier molecular flexibility index (Phi) is 7.74. The number of nitriles is 1. The van der Waals surface area contributed by atoms with Crippen LogP contribution in [0, 0.1) is 11.3 Å². The SMILES string of the molecule is N#Cc1ccc(Nc2nc(Oc3ccnc4ccc(Br)cc34)nc(N3CCN(c4cccc(Cl)c4Cl)CC3)n2)cc1. The summed E-state index contributed by atoms with van der Waals surface area (Å²) in [7, 11) is 0. The minimum absolute atomic E-state index is 0.138. The molecule has 204 valence electrons. The Balaban J connectivity index is 1.30. The number of rotatable bonds is 6. The third kappa shape index (κ3) is 5.98. The number of ether oxygens (including phenoxy) is 1. The standard InChI is InChI=1S/C29H21BrCl2N8O/c30-19-6-9-23-21(16-19)25(10-11-34-23)41-29-37-27(35-20-7-4-18(17-33)5-8-20)36-28(38-29)40-14-12-39(13-15-40)24-3-1-2-22(31)26(24)32/h1-11,16H,12-15H2,(H,35,36,37,38). The van der Waals surface area contributed by atoms with Crippen molar-refractivity contribution in [1.82, 2.24) is 19.9 Å². The fourth-order valence-corrected chi connectivity index (χ4v) is 5.29. The Morgan fingerprint density at radius 1 is 0.902 bits per heavy atom. The van der Waals surface area contributed by atoms with E-state index in [0.29, 0.717) is 59.4 Å². The van der Waals surface area contributed by atoms with Crippen LogP contribution < -0.4 is 19.9 Å². The summed E-state index contributed by atoms with van der Waals surface area (Å²) in [6.45, 7) is 2.69. The summed E-state index contributed by atoms with van der Waals surface area (Å²) < 4.78 is 7.14. The largest absolute Gasteiger partial charge is 0.423 e. The second-order valence-corrected chi connectivity index (χ2v) is 10.9. The molecule has 3 heterocycles. The monoisotopic (exact) mass is 646 g/mol. The Labute approximate surface area is 254 Å². The molecular formula is C29H21BrCl2N8O. The highest BCUT2D eigenvalue weighted by Gasteiger charge is 2.23. The third-order valence-electron chi connectivity index (χ3n) is 6.57. The summed E-state index contributed by atoms with van der Waals surface area (Å²) in [6, 6.07) is 22.5. The maximum absolute atomic E-state index is 9.14. The van der Waals surface area contributed by atoms with E-state index >= 15 is 0 Å². The summed E-state index contributed by atoms with van der Waals surface area (Å²) in [6.07, 6.45) is 1.68. The second-order valence-electron chi connectivity index (χ2n) is 9.18. The highest BCUT2D eigenvalue weighted by atomic mass is 79.9. The molecule has 0 bridgehead atoms. The van der Waals surface area contributed by atoms with E-state index in [0.717, 1.165) is 26.8 Å². The topological polar surface area (TPSA) is 103 Å². The molecule has 1 aliphatic heterocycles. The quantitative estimate of drug-likeness (QED) is 0.204. The van der Waals surface area contributed by atoms with Gasteiger partial charge in [0.15, 0.2) is 0 Å². The van der Waals surface area contributed by atoms with E-state index in [1.807, 2.05) is 30.3 Å². The van der Waals surface area contributed by atoms with Crippen LogP contribution in [0.25, 0.3) is 10.9 Å². The van der Waals surface area contributed by atoms with Crippen LogP contribution in [0.4, 0.5) is 23.3 Å². The van der Waals surface area contributed by atoms with Gasteiger partial charge in [0, 0.05) is 47.9 Å². The first-order valence-corrected chi connectivity index (χ1v) is 14.2. The Morgan fingerprint density at radius 2 is 1.68 bits per heavy atom. The lowest BCUT2D eigenvalue weighted by Crippen LogP contribution is -2.47. The average Bonchev–Trinajstić information content (AvgIpc) is 2.99. The minimum Gasteiger partial charge on any atom is -0.423 e. The summed E-state index contributed by atoms with van der Waals surface area (Å²) in [4.78, 5) is 22.6. The number of aromatic nitrogens is 4. The number of benzene rings is 3. The van der Waals surface area contributed by atoms with Gasteiger partial charge in [-0.05, 0) is 60.7 Å². The lowest BCUT2D eigenvalue weighted by Gasteiger charge is -2.36. The van der Waals surface area contributed by atoms with Crippen LogP contribution in [-0.4, -0.2) is 46.1 Å². The van der Waals surface area contributed by atoms with Crippen molar-refractivity contribution in [3.8, 4) is 17.8 Å². The average molecular weight is 648 g/mol. The number of anilines is 4. The molecule has 0 unspecified atom stereocenters. The van der Waals surface area contributed by atoms with Gasteiger partial charge in [0.05, 0.1) is 32.9 Å². The van der Waals surface area contributed by atoms with Gasteiger partial charge >= 0.3 is 6.01 Å². The number of hydrogen-bond acceptors (Lipinski definition) is 9. The maximum atomic E-state index is 9.14. The fourth-order valence-electron chi connectivity index (χ4n) is 4.51. The zero-order valence-electron chi connectivity index (χ0n) is 21.4. The number of nitrogens with one attached hydrogen (secondary N) is 1. The molecule has 9 nitrogen and oxygen atoms in total. The zero-order valence-corrected chi connectivity index (χ0v) is 24.5. The molecule has 0 atom stereocenters. The van der Waals surface area contributed by atoms with Crippen LogP contribution >= 0.6 is 39.1 Å². The van der Waals surface area contributed by atoms with E-state index in [2.05, 4.69) is 52.1 Å². The van der Waals surface area contributed by atoms with Gasteiger partial charge in [-0.3, -0.25) is 4.98 Å². The summed E-state index contributed by atoms with van der Waals surface area (Å²) >= 11 is 16.2. The molecule has 12 heteroatoms. The van der Waals surface area contributed by atoms with Crippen LogP contribution in [0.5, 0.6) is 11.8 Å². The fraction of sp³-hybridized carbons (Fsp3) is 0.138. The smallest absolute Gasteiger partial charge is 0.328 e. The highest BCUT2D eigenvalue weighted by molar-refractivity contribution is 9.10. The lowest BCUT2D eigenvalue weighted by atomic mass is 10.2. The first-order chi connectivity index (χ1) is 20.0. The van der Waals surface area contributed by atoms with Crippen molar-refractivity contribution in [2.45, 2.75) is 0 Å². The lowest BCUT2D eigenvalue weighted by molar-refractivity contribution is 0.444. The van der Waals surface area contributed by atoms with Gasteiger partial charge in [0.1, 0.15) is 5.75 Å². The predicted octanol–water partition coefficient (Wildman–Crippen LogP) is 7.22. The van der Waals surface area contributed by atoms with E-state index in [-0.39, 0.29) is 6.01 Å². The molecule has 3 aromatic carbocycles. The van der Waals surface area contributed by atoms with Gasteiger partial charge in [0.2, 0.25) is 11.9 Å². The third-order valence-corrected chi connectivity index (χ3v) is 7.87. The van der Waals surface area contributed by atoms with Crippen LogP contribution in [-0.2, 0) is 0 Å². The molecule has 1 saturated heterocycles. The molecule has 1 fully saturated rings.